The molecule has 2 aromatic carbocycles. The number of azo groups is 1. The van der Waals surface area contributed by atoms with Crippen LogP contribution in [-0.4, -0.2) is 37.9 Å². The van der Waals surface area contributed by atoms with E-state index in [1.54, 1.807) is 42.5 Å². The van der Waals surface area contributed by atoms with Crippen molar-refractivity contribution in [1.29, 1.82) is 0 Å². The van der Waals surface area contributed by atoms with Crippen molar-refractivity contribution in [3.05, 3.63) is 48.5 Å². The predicted molar refractivity (Wildman–Crippen MR) is 103 cm³/mol. The summed E-state index contributed by atoms with van der Waals surface area (Å²) < 4.78 is 10.4. The molecule has 9 nitrogen and oxygen atoms in total. The monoisotopic (exact) mass is 381 g/mol. The number of nitrogens with zero attached hydrogens (tertiary/aromatic N) is 4. The van der Waals surface area contributed by atoms with Crippen molar-refractivity contribution in [3.8, 4) is 11.5 Å². The Morgan fingerprint density at radius 2 is 1.89 bits per heavy atom. The highest BCUT2D eigenvalue weighted by molar-refractivity contribution is 6.21. The van der Waals surface area contributed by atoms with Crippen LogP contribution in [0.5, 0.6) is 11.5 Å². The molecule has 1 N–H and O–H groups in total. The topological polar surface area (TPSA) is 105 Å². The first kappa shape index (κ1) is 19.0. The van der Waals surface area contributed by atoms with Crippen molar-refractivity contribution in [2.24, 2.45) is 15.3 Å². The summed E-state index contributed by atoms with van der Waals surface area (Å²) in [7, 11) is 3.03. The first-order valence-corrected chi connectivity index (χ1v) is 8.41. The Morgan fingerprint density at radius 3 is 2.54 bits per heavy atom. The largest absolute Gasteiger partial charge is 0.497 e. The molecular weight excluding hydrogens is 362 g/mol. The molecule has 3 rings (SSSR count). The molecule has 1 atom stereocenters. The van der Waals surface area contributed by atoms with Crippen molar-refractivity contribution in [3.63, 3.8) is 0 Å². The summed E-state index contributed by atoms with van der Waals surface area (Å²) in [5.74, 6) is 0.343. The molecule has 1 aliphatic heterocycles. The number of ether oxygens (including phenoxy) is 2. The van der Waals surface area contributed by atoms with Crippen LogP contribution in [0, 0.1) is 0 Å². The molecular formula is C19H19N5O4. The normalized spacial score (nSPS) is 16.2. The molecule has 2 aromatic rings. The molecule has 28 heavy (non-hydrogen) atoms. The lowest BCUT2D eigenvalue weighted by molar-refractivity contribution is -0.117. The van der Waals surface area contributed by atoms with Gasteiger partial charge in [0.1, 0.15) is 17.2 Å². The molecule has 0 saturated heterocycles. The Balaban J connectivity index is 1.93. The van der Waals surface area contributed by atoms with E-state index in [4.69, 9.17) is 9.47 Å². The van der Waals surface area contributed by atoms with Crippen LogP contribution in [0.2, 0.25) is 0 Å². The number of carbonyl (C=O) groups is 2. The standard InChI is InChI=1S/C19H19N5O4/c1-12(25)20-18-17(19(26)24(23-18)13-7-5-4-6-8-13)22-21-15-11-14(27-2)9-10-16(15)28-3/h4-11,17H,1-3H3,(H,20,23,25)/t17-/m1/s1. The first-order chi connectivity index (χ1) is 13.5. The average molecular weight is 381 g/mol. The number of hydrogen-bond donors (Lipinski definition) is 1. The van der Waals surface area contributed by atoms with Gasteiger partial charge in [0, 0.05) is 13.0 Å². The van der Waals surface area contributed by atoms with E-state index in [0.29, 0.717) is 22.9 Å². The molecule has 2 amide bonds. The second kappa shape index (κ2) is 8.30. The van der Waals surface area contributed by atoms with Gasteiger partial charge in [-0.3, -0.25) is 9.59 Å². The fourth-order valence-electron chi connectivity index (χ4n) is 2.57. The third-order valence-electron chi connectivity index (χ3n) is 3.88. The highest BCUT2D eigenvalue weighted by Gasteiger charge is 2.38. The van der Waals surface area contributed by atoms with Crippen LogP contribution in [0.15, 0.2) is 63.9 Å². The number of rotatable bonds is 5. The van der Waals surface area contributed by atoms with E-state index >= 15 is 0 Å². The quantitative estimate of drug-likeness (QED) is 0.804. The summed E-state index contributed by atoms with van der Waals surface area (Å²) in [6.07, 6.45) is 0. The summed E-state index contributed by atoms with van der Waals surface area (Å²) >= 11 is 0. The van der Waals surface area contributed by atoms with Gasteiger partial charge in [0.15, 0.2) is 5.84 Å². The number of hydrazone groups is 1. The fraction of sp³-hybridized carbons (Fsp3) is 0.211. The second-order valence-electron chi connectivity index (χ2n) is 5.81. The number of anilines is 1. The number of carbonyl (C=O) groups excluding carboxylic acids is 2. The van der Waals surface area contributed by atoms with Gasteiger partial charge in [-0.2, -0.15) is 15.2 Å². The first-order valence-electron chi connectivity index (χ1n) is 8.41. The summed E-state index contributed by atoms with van der Waals surface area (Å²) in [4.78, 5) is 24.4. The van der Waals surface area contributed by atoms with Gasteiger partial charge < -0.3 is 14.8 Å². The molecule has 144 valence electrons. The van der Waals surface area contributed by atoms with Crippen LogP contribution in [0.25, 0.3) is 0 Å². The molecule has 0 saturated carbocycles. The minimum atomic E-state index is -1.08. The van der Waals surface area contributed by atoms with Gasteiger partial charge in [-0.1, -0.05) is 18.2 Å². The van der Waals surface area contributed by atoms with E-state index in [2.05, 4.69) is 20.6 Å². The van der Waals surface area contributed by atoms with Crippen LogP contribution in [0.3, 0.4) is 0 Å². The lowest BCUT2D eigenvalue weighted by atomic mass is 10.2. The average Bonchev–Trinajstić information content (AvgIpc) is 3.01. The molecule has 0 fully saturated rings. The third kappa shape index (κ3) is 3.98. The molecule has 0 aliphatic carbocycles. The lowest BCUT2D eigenvalue weighted by Crippen LogP contribution is -2.38. The maximum absolute atomic E-state index is 12.8. The van der Waals surface area contributed by atoms with Gasteiger partial charge in [-0.15, -0.1) is 5.10 Å². The Labute approximate surface area is 161 Å². The van der Waals surface area contributed by atoms with Gasteiger partial charge in [-0.25, -0.2) is 0 Å². The van der Waals surface area contributed by atoms with Crippen molar-refractivity contribution < 1.29 is 19.1 Å². The number of amides is 2. The van der Waals surface area contributed by atoms with E-state index in [0.717, 1.165) is 0 Å². The van der Waals surface area contributed by atoms with E-state index in [-0.39, 0.29) is 11.7 Å². The Kier molecular flexibility index (Phi) is 5.64. The van der Waals surface area contributed by atoms with E-state index in [9.17, 15) is 9.59 Å². The smallest absolute Gasteiger partial charge is 0.282 e. The summed E-state index contributed by atoms with van der Waals surface area (Å²) in [6.45, 7) is 1.33. The summed E-state index contributed by atoms with van der Waals surface area (Å²) in [5, 5.41) is 16.2. The van der Waals surface area contributed by atoms with Crippen LogP contribution in [-0.2, 0) is 9.59 Å². The predicted octanol–water partition coefficient (Wildman–Crippen LogP) is 2.65. The molecule has 0 aromatic heterocycles. The summed E-state index contributed by atoms with van der Waals surface area (Å²) in [5.41, 5.74) is 0.946. The van der Waals surface area contributed by atoms with Crippen LogP contribution in [0.1, 0.15) is 6.92 Å². The Hall–Kier alpha value is -3.75. The molecule has 0 radical (unpaired) electrons. The van der Waals surface area contributed by atoms with E-state index in [1.165, 1.54) is 26.2 Å². The molecule has 0 bridgehead atoms. The van der Waals surface area contributed by atoms with Crippen molar-refractivity contribution >= 4 is 29.0 Å². The van der Waals surface area contributed by atoms with Gasteiger partial charge >= 0.3 is 0 Å². The van der Waals surface area contributed by atoms with Crippen molar-refractivity contribution in [2.75, 3.05) is 19.2 Å². The highest BCUT2D eigenvalue weighted by atomic mass is 16.5. The van der Waals surface area contributed by atoms with Gasteiger partial charge in [0.05, 0.1) is 19.9 Å². The van der Waals surface area contributed by atoms with Gasteiger partial charge in [-0.05, 0) is 24.3 Å². The number of para-hydroxylation sites is 1. The molecule has 0 unspecified atom stereocenters. The number of amidine groups is 1. The Morgan fingerprint density at radius 1 is 1.14 bits per heavy atom. The van der Waals surface area contributed by atoms with Gasteiger partial charge in [0.2, 0.25) is 11.9 Å². The van der Waals surface area contributed by atoms with Crippen LogP contribution >= 0.6 is 0 Å². The van der Waals surface area contributed by atoms with Crippen molar-refractivity contribution in [2.45, 2.75) is 13.0 Å². The fourth-order valence-corrected chi connectivity index (χ4v) is 2.57. The molecule has 1 heterocycles. The Bertz CT molecular complexity index is 943. The minimum Gasteiger partial charge on any atom is -0.497 e. The second-order valence-corrected chi connectivity index (χ2v) is 5.81. The number of hydrogen-bond acceptors (Lipinski definition) is 7. The van der Waals surface area contributed by atoms with E-state index < -0.39 is 11.9 Å². The zero-order valence-corrected chi connectivity index (χ0v) is 15.6. The maximum atomic E-state index is 12.8. The number of nitrogens with one attached hydrogen (secondary N) is 1. The number of benzene rings is 2. The maximum Gasteiger partial charge on any atom is 0.282 e. The van der Waals surface area contributed by atoms with Crippen LogP contribution < -0.4 is 19.8 Å². The zero-order chi connectivity index (χ0) is 20.1. The highest BCUT2D eigenvalue weighted by Crippen LogP contribution is 2.32. The zero-order valence-electron chi connectivity index (χ0n) is 15.6. The molecule has 9 heteroatoms. The minimum absolute atomic E-state index is 0.104. The SMILES string of the molecule is COc1ccc(OC)c(N=N[C@H]2C(=O)N(c3ccccc3)N=C2NC(C)=O)c1. The molecule has 0 spiro atoms. The molecule has 1 aliphatic rings. The lowest BCUT2D eigenvalue weighted by Gasteiger charge is -2.11. The number of methoxy groups -OCH3 is 2. The van der Waals surface area contributed by atoms with Crippen LogP contribution in [0.4, 0.5) is 11.4 Å². The van der Waals surface area contributed by atoms with Crippen molar-refractivity contribution in [1.82, 2.24) is 5.32 Å². The summed E-state index contributed by atoms with van der Waals surface area (Å²) in [6, 6.07) is 12.8. The third-order valence-corrected chi connectivity index (χ3v) is 3.88. The van der Waals surface area contributed by atoms with E-state index in [1.807, 2.05) is 6.07 Å². The van der Waals surface area contributed by atoms with Gasteiger partial charge in [0.25, 0.3) is 5.91 Å².